The number of thiazole rings is 1. The summed E-state index contributed by atoms with van der Waals surface area (Å²) in [5, 5.41) is 0.875. The highest BCUT2D eigenvalue weighted by atomic mass is 35.7. The fourth-order valence-corrected chi connectivity index (χ4v) is 4.90. The maximum Gasteiger partial charge on any atom is 0.272 e. The summed E-state index contributed by atoms with van der Waals surface area (Å²) in [6.07, 6.45) is 4.59. The molecule has 3 rings (SSSR count). The van der Waals surface area contributed by atoms with Gasteiger partial charge in [-0.1, -0.05) is 0 Å². The monoisotopic (exact) mass is 322 g/mol. The lowest BCUT2D eigenvalue weighted by Crippen LogP contribution is -2.55. The SMILES string of the molecule is O=S(=O)(Cl)c1cnc(C2(N3CCOCC3)CCC2)s1. The van der Waals surface area contributed by atoms with E-state index in [1.54, 1.807) is 0 Å². The van der Waals surface area contributed by atoms with Crippen LogP contribution < -0.4 is 0 Å². The van der Waals surface area contributed by atoms with E-state index in [0.717, 1.165) is 50.6 Å². The van der Waals surface area contributed by atoms with E-state index in [0.29, 0.717) is 0 Å². The van der Waals surface area contributed by atoms with Crippen molar-refractivity contribution in [1.82, 2.24) is 9.88 Å². The van der Waals surface area contributed by atoms with E-state index >= 15 is 0 Å². The Morgan fingerprint density at radius 3 is 2.53 bits per heavy atom. The summed E-state index contributed by atoms with van der Waals surface area (Å²) in [5.74, 6) is 0. The van der Waals surface area contributed by atoms with Gasteiger partial charge in [0.15, 0.2) is 4.21 Å². The first-order chi connectivity index (χ1) is 9.02. The first kappa shape index (κ1) is 13.8. The number of rotatable bonds is 3. The highest BCUT2D eigenvalue weighted by molar-refractivity contribution is 8.15. The number of nitrogens with zero attached hydrogens (tertiary/aromatic N) is 2. The van der Waals surface area contributed by atoms with Crippen LogP contribution in [-0.4, -0.2) is 44.6 Å². The second kappa shape index (κ2) is 4.96. The largest absolute Gasteiger partial charge is 0.379 e. The van der Waals surface area contributed by atoms with Gasteiger partial charge in [0.05, 0.1) is 24.9 Å². The standard InChI is InChI=1S/C11H15ClN2O3S2/c12-19(15,16)9-8-13-10(18-9)11(2-1-3-11)14-4-6-17-7-5-14/h8H,1-7H2. The minimum Gasteiger partial charge on any atom is -0.379 e. The number of halogens is 1. The molecular weight excluding hydrogens is 308 g/mol. The van der Waals surface area contributed by atoms with Crippen LogP contribution in [0.5, 0.6) is 0 Å². The zero-order valence-corrected chi connectivity index (χ0v) is 12.7. The molecule has 8 heteroatoms. The lowest BCUT2D eigenvalue weighted by Gasteiger charge is -2.50. The van der Waals surface area contributed by atoms with Gasteiger partial charge in [-0.25, -0.2) is 13.4 Å². The zero-order valence-electron chi connectivity index (χ0n) is 10.3. The van der Waals surface area contributed by atoms with Crippen molar-refractivity contribution in [1.29, 1.82) is 0 Å². The van der Waals surface area contributed by atoms with Crippen molar-refractivity contribution in [2.24, 2.45) is 0 Å². The minimum atomic E-state index is -3.67. The third-order valence-corrected chi connectivity index (χ3v) is 7.17. The van der Waals surface area contributed by atoms with Gasteiger partial charge >= 0.3 is 0 Å². The Morgan fingerprint density at radius 1 is 1.37 bits per heavy atom. The lowest BCUT2D eigenvalue weighted by atomic mass is 9.75. The fourth-order valence-electron chi connectivity index (χ4n) is 2.76. The van der Waals surface area contributed by atoms with E-state index in [2.05, 4.69) is 9.88 Å². The molecule has 0 unspecified atom stereocenters. The minimum absolute atomic E-state index is 0.0890. The predicted molar refractivity (Wildman–Crippen MR) is 73.1 cm³/mol. The second-order valence-electron chi connectivity index (χ2n) is 4.91. The van der Waals surface area contributed by atoms with Gasteiger partial charge in [-0.2, -0.15) is 0 Å². The molecule has 1 aliphatic carbocycles. The van der Waals surface area contributed by atoms with Gasteiger partial charge in [-0.05, 0) is 19.3 Å². The maximum atomic E-state index is 11.4. The van der Waals surface area contributed by atoms with Crippen LogP contribution in [0.4, 0.5) is 0 Å². The number of hydrogen-bond acceptors (Lipinski definition) is 6. The number of morpholine rings is 1. The fraction of sp³-hybridized carbons (Fsp3) is 0.727. The van der Waals surface area contributed by atoms with Crippen molar-refractivity contribution in [3.05, 3.63) is 11.2 Å². The molecule has 106 valence electrons. The molecule has 1 aromatic heterocycles. The Kier molecular flexibility index (Phi) is 3.59. The number of hydrogen-bond donors (Lipinski definition) is 0. The first-order valence-corrected chi connectivity index (χ1v) is 9.39. The van der Waals surface area contributed by atoms with Crippen LogP contribution in [0.25, 0.3) is 0 Å². The molecule has 2 fully saturated rings. The van der Waals surface area contributed by atoms with Crippen molar-refractivity contribution >= 4 is 31.1 Å². The number of ether oxygens (including phenoxy) is 1. The second-order valence-corrected chi connectivity index (χ2v) is 8.73. The van der Waals surface area contributed by atoms with Gasteiger partial charge in [-0.3, -0.25) is 4.90 Å². The van der Waals surface area contributed by atoms with Gasteiger partial charge in [-0.15, -0.1) is 11.3 Å². The van der Waals surface area contributed by atoms with E-state index in [9.17, 15) is 8.42 Å². The molecule has 0 N–H and O–H groups in total. The summed E-state index contributed by atoms with van der Waals surface area (Å²) in [4.78, 5) is 6.70. The highest BCUT2D eigenvalue weighted by Crippen LogP contribution is 2.48. The average molecular weight is 323 g/mol. The third-order valence-electron chi connectivity index (χ3n) is 3.92. The molecule has 5 nitrogen and oxygen atoms in total. The molecule has 1 aromatic rings. The van der Waals surface area contributed by atoms with Crippen LogP contribution >= 0.6 is 22.0 Å². The summed E-state index contributed by atoms with van der Waals surface area (Å²) in [5.41, 5.74) is -0.0890. The van der Waals surface area contributed by atoms with Gasteiger partial charge < -0.3 is 4.74 Å². The molecule has 0 bridgehead atoms. The van der Waals surface area contributed by atoms with E-state index in [4.69, 9.17) is 15.4 Å². The molecule has 1 saturated heterocycles. The maximum absolute atomic E-state index is 11.4. The van der Waals surface area contributed by atoms with Gasteiger partial charge in [0.25, 0.3) is 9.05 Å². The quantitative estimate of drug-likeness (QED) is 0.794. The van der Waals surface area contributed by atoms with E-state index in [1.807, 2.05) is 0 Å². The normalized spacial score (nSPS) is 24.1. The Labute approximate surface area is 121 Å². The van der Waals surface area contributed by atoms with Crippen LogP contribution in [0.2, 0.25) is 0 Å². The van der Waals surface area contributed by atoms with Gasteiger partial charge in [0.2, 0.25) is 0 Å². The van der Waals surface area contributed by atoms with Crippen LogP contribution in [-0.2, 0) is 19.3 Å². The summed E-state index contributed by atoms with van der Waals surface area (Å²) < 4.78 is 28.2. The Morgan fingerprint density at radius 2 is 2.05 bits per heavy atom. The summed E-state index contributed by atoms with van der Waals surface area (Å²) >= 11 is 1.20. The molecule has 0 atom stereocenters. The molecule has 0 aromatic carbocycles. The zero-order chi connectivity index (χ0) is 13.5. The van der Waals surface area contributed by atoms with Crippen molar-refractivity contribution < 1.29 is 13.2 Å². The van der Waals surface area contributed by atoms with Crippen molar-refractivity contribution in [2.75, 3.05) is 26.3 Å². The first-order valence-electron chi connectivity index (χ1n) is 6.26. The molecule has 1 aliphatic heterocycles. The van der Waals surface area contributed by atoms with Crippen molar-refractivity contribution in [3.8, 4) is 0 Å². The molecule has 1 saturated carbocycles. The highest BCUT2D eigenvalue weighted by Gasteiger charge is 2.47. The summed E-state index contributed by atoms with van der Waals surface area (Å²) in [6.45, 7) is 3.21. The van der Waals surface area contributed by atoms with Crippen LogP contribution in [0.15, 0.2) is 10.4 Å². The third kappa shape index (κ3) is 2.42. The molecular formula is C11H15ClN2O3S2. The summed E-state index contributed by atoms with van der Waals surface area (Å²) in [6, 6.07) is 0. The Bertz CT molecular complexity index is 562. The Balaban J connectivity index is 1.91. The van der Waals surface area contributed by atoms with Gasteiger partial charge in [0.1, 0.15) is 5.01 Å². The van der Waals surface area contributed by atoms with Crippen LogP contribution in [0.3, 0.4) is 0 Å². The van der Waals surface area contributed by atoms with Crippen molar-refractivity contribution in [3.63, 3.8) is 0 Å². The molecule has 0 spiro atoms. The predicted octanol–water partition coefficient (Wildman–Crippen LogP) is 1.78. The van der Waals surface area contributed by atoms with Crippen LogP contribution in [0.1, 0.15) is 24.3 Å². The smallest absolute Gasteiger partial charge is 0.272 e. The van der Waals surface area contributed by atoms with E-state index < -0.39 is 9.05 Å². The molecule has 0 amide bonds. The van der Waals surface area contributed by atoms with Crippen LogP contribution in [0, 0.1) is 0 Å². The summed E-state index contributed by atoms with van der Waals surface area (Å²) in [7, 11) is 1.71. The van der Waals surface area contributed by atoms with E-state index in [1.165, 1.54) is 17.5 Å². The topological polar surface area (TPSA) is 59.5 Å². The van der Waals surface area contributed by atoms with Crippen molar-refractivity contribution in [2.45, 2.75) is 29.0 Å². The van der Waals surface area contributed by atoms with Gasteiger partial charge in [0, 0.05) is 23.8 Å². The van der Waals surface area contributed by atoms with E-state index in [-0.39, 0.29) is 9.75 Å². The average Bonchev–Trinajstić information content (AvgIpc) is 2.78. The molecule has 19 heavy (non-hydrogen) atoms. The lowest BCUT2D eigenvalue weighted by molar-refractivity contribution is -0.0596. The molecule has 2 heterocycles. The Hall–Kier alpha value is -0.210. The number of aromatic nitrogens is 1. The molecule has 2 aliphatic rings. The molecule has 0 radical (unpaired) electrons.